The zero-order valence-electron chi connectivity index (χ0n) is 6.63. The highest BCUT2D eigenvalue weighted by Crippen LogP contribution is 2.02. The van der Waals surface area contributed by atoms with Gasteiger partial charge >= 0.3 is 5.97 Å². The largest absolute Gasteiger partial charge is 0.463 e. The second-order valence-corrected chi connectivity index (χ2v) is 3.47. The van der Waals surface area contributed by atoms with E-state index in [0.717, 1.165) is 0 Å². The van der Waals surface area contributed by atoms with E-state index >= 15 is 0 Å². The van der Waals surface area contributed by atoms with Crippen molar-refractivity contribution in [2.45, 2.75) is 38.5 Å². The maximum atomic E-state index is 10.8. The van der Waals surface area contributed by atoms with Crippen molar-refractivity contribution in [1.29, 1.82) is 0 Å². The molecule has 0 saturated heterocycles. The summed E-state index contributed by atoms with van der Waals surface area (Å²) in [5.74, 6) is -0.169. The van der Waals surface area contributed by atoms with Gasteiger partial charge in [0.2, 0.25) is 0 Å². The van der Waals surface area contributed by atoms with E-state index in [1.165, 1.54) is 0 Å². The predicted molar refractivity (Wildman–Crippen MR) is 44.3 cm³/mol. The van der Waals surface area contributed by atoms with Gasteiger partial charge in [-0.25, -0.2) is 0 Å². The third-order valence-corrected chi connectivity index (χ3v) is 1.01. The van der Waals surface area contributed by atoms with Gasteiger partial charge in [-0.15, -0.1) is 0 Å². The molecule has 0 rings (SSSR count). The summed E-state index contributed by atoms with van der Waals surface area (Å²) in [5, 5.41) is 0.0891. The number of rotatable bonds is 3. The zero-order chi connectivity index (χ0) is 8.15. The number of ether oxygens (including phenoxy) is 1. The van der Waals surface area contributed by atoms with Crippen molar-refractivity contribution in [1.82, 2.24) is 0 Å². The van der Waals surface area contributed by atoms with Gasteiger partial charge in [-0.1, -0.05) is 6.92 Å². The van der Waals surface area contributed by atoms with Gasteiger partial charge in [0, 0.05) is 5.25 Å². The quantitative estimate of drug-likeness (QED) is 0.504. The lowest BCUT2D eigenvalue weighted by Gasteiger charge is -2.08. The molecule has 0 aromatic carbocycles. The van der Waals surface area contributed by atoms with Gasteiger partial charge < -0.3 is 4.74 Å². The van der Waals surface area contributed by atoms with Gasteiger partial charge in [0.25, 0.3) is 0 Å². The smallest absolute Gasteiger partial charge is 0.307 e. The van der Waals surface area contributed by atoms with Crippen LogP contribution in [-0.2, 0) is 9.53 Å². The van der Waals surface area contributed by atoms with Gasteiger partial charge in [-0.05, 0) is 13.8 Å². The van der Waals surface area contributed by atoms with Crippen molar-refractivity contribution in [3.8, 4) is 0 Å². The number of carbonyl (C=O) groups is 1. The molecule has 0 heterocycles. The van der Waals surface area contributed by atoms with Crippen LogP contribution in [0.4, 0.5) is 0 Å². The van der Waals surface area contributed by atoms with Crippen molar-refractivity contribution in [3.63, 3.8) is 0 Å². The standard InChI is InChI=1S/C7H14O2S/c1-5(2)9-7(8)4-6(3)10/h5-6,10H,4H2,1-3H3. The molecule has 0 aromatic rings. The lowest BCUT2D eigenvalue weighted by Crippen LogP contribution is -2.14. The molecular weight excluding hydrogens is 148 g/mol. The van der Waals surface area contributed by atoms with E-state index in [-0.39, 0.29) is 17.3 Å². The SMILES string of the molecule is CC(S)CC(=O)OC(C)C. The lowest BCUT2D eigenvalue weighted by atomic mass is 10.3. The fraction of sp³-hybridized carbons (Fsp3) is 0.857. The maximum Gasteiger partial charge on any atom is 0.307 e. The summed E-state index contributed by atoms with van der Waals surface area (Å²) >= 11 is 4.06. The Bertz CT molecular complexity index is 98.2. The van der Waals surface area contributed by atoms with E-state index in [1.54, 1.807) is 0 Å². The fourth-order valence-electron chi connectivity index (χ4n) is 0.552. The first-order valence-corrected chi connectivity index (χ1v) is 3.91. The topological polar surface area (TPSA) is 26.3 Å². The molecule has 0 aliphatic carbocycles. The average molecular weight is 162 g/mol. The lowest BCUT2D eigenvalue weighted by molar-refractivity contribution is -0.147. The summed E-state index contributed by atoms with van der Waals surface area (Å²) < 4.78 is 4.87. The number of hydrogen-bond acceptors (Lipinski definition) is 3. The number of carbonyl (C=O) groups excluding carboxylic acids is 1. The first-order chi connectivity index (χ1) is 4.52. The maximum absolute atomic E-state index is 10.8. The Balaban J connectivity index is 3.44. The molecule has 0 aromatic heterocycles. The average Bonchev–Trinajstić information content (AvgIpc) is 1.58. The van der Waals surface area contributed by atoms with Crippen LogP contribution in [0, 0.1) is 0 Å². The van der Waals surface area contributed by atoms with Crippen molar-refractivity contribution in [2.75, 3.05) is 0 Å². The molecule has 10 heavy (non-hydrogen) atoms. The summed E-state index contributed by atoms with van der Waals surface area (Å²) in [7, 11) is 0. The van der Waals surface area contributed by atoms with Crippen LogP contribution >= 0.6 is 12.6 Å². The Hall–Kier alpha value is -0.180. The van der Waals surface area contributed by atoms with E-state index in [2.05, 4.69) is 12.6 Å². The monoisotopic (exact) mass is 162 g/mol. The van der Waals surface area contributed by atoms with Crippen LogP contribution in [0.2, 0.25) is 0 Å². The molecule has 0 bridgehead atoms. The Kier molecular flexibility index (Phi) is 4.52. The molecule has 0 aliphatic rings. The third kappa shape index (κ3) is 5.95. The number of esters is 1. The second kappa shape index (κ2) is 4.61. The van der Waals surface area contributed by atoms with Crippen LogP contribution in [0.3, 0.4) is 0 Å². The predicted octanol–water partition coefficient (Wildman–Crippen LogP) is 1.65. The highest BCUT2D eigenvalue weighted by molar-refractivity contribution is 7.80. The number of thiol groups is 1. The van der Waals surface area contributed by atoms with Crippen LogP contribution in [0.5, 0.6) is 0 Å². The van der Waals surface area contributed by atoms with E-state index in [0.29, 0.717) is 6.42 Å². The van der Waals surface area contributed by atoms with Gasteiger partial charge in [0.05, 0.1) is 12.5 Å². The zero-order valence-corrected chi connectivity index (χ0v) is 7.52. The summed E-state index contributed by atoms with van der Waals surface area (Å²) in [6, 6.07) is 0. The van der Waals surface area contributed by atoms with Gasteiger partial charge in [-0.3, -0.25) is 4.79 Å². The number of hydrogen-bond donors (Lipinski definition) is 1. The van der Waals surface area contributed by atoms with E-state index < -0.39 is 0 Å². The summed E-state index contributed by atoms with van der Waals surface area (Å²) in [6.07, 6.45) is 0.376. The van der Waals surface area contributed by atoms with Crippen LogP contribution in [0.25, 0.3) is 0 Å². The Morgan fingerprint density at radius 2 is 2.00 bits per heavy atom. The highest BCUT2D eigenvalue weighted by atomic mass is 32.1. The molecule has 60 valence electrons. The molecule has 1 unspecified atom stereocenters. The van der Waals surface area contributed by atoms with Crippen molar-refractivity contribution in [2.24, 2.45) is 0 Å². The molecule has 0 fully saturated rings. The third-order valence-electron chi connectivity index (χ3n) is 0.829. The molecule has 0 amide bonds. The Morgan fingerprint density at radius 1 is 1.50 bits per heavy atom. The van der Waals surface area contributed by atoms with Crippen LogP contribution in [0.1, 0.15) is 27.2 Å². The Labute approximate surface area is 67.4 Å². The minimum atomic E-state index is -0.169. The van der Waals surface area contributed by atoms with Crippen LogP contribution in [-0.4, -0.2) is 17.3 Å². The first kappa shape index (κ1) is 9.82. The molecule has 0 N–H and O–H groups in total. The Morgan fingerprint density at radius 3 is 2.30 bits per heavy atom. The molecule has 1 atom stereocenters. The molecule has 0 aliphatic heterocycles. The molecule has 0 spiro atoms. The second-order valence-electron chi connectivity index (χ2n) is 2.59. The van der Waals surface area contributed by atoms with Gasteiger partial charge in [-0.2, -0.15) is 12.6 Å². The molecule has 3 heteroatoms. The first-order valence-electron chi connectivity index (χ1n) is 3.40. The summed E-state index contributed by atoms with van der Waals surface area (Å²) in [5.41, 5.74) is 0. The van der Waals surface area contributed by atoms with E-state index in [9.17, 15) is 4.79 Å². The van der Waals surface area contributed by atoms with E-state index in [4.69, 9.17) is 4.74 Å². The molecule has 2 nitrogen and oxygen atoms in total. The normalized spacial score (nSPS) is 13.3. The minimum absolute atomic E-state index is 0.0143. The van der Waals surface area contributed by atoms with Crippen molar-refractivity contribution in [3.05, 3.63) is 0 Å². The summed E-state index contributed by atoms with van der Waals surface area (Å²) in [6.45, 7) is 5.53. The fourth-order valence-corrected chi connectivity index (χ4v) is 0.701. The van der Waals surface area contributed by atoms with Crippen molar-refractivity contribution < 1.29 is 9.53 Å². The van der Waals surface area contributed by atoms with E-state index in [1.807, 2.05) is 20.8 Å². The molecule has 0 saturated carbocycles. The minimum Gasteiger partial charge on any atom is -0.463 e. The van der Waals surface area contributed by atoms with Crippen molar-refractivity contribution >= 4 is 18.6 Å². The molecule has 0 radical (unpaired) electrons. The van der Waals surface area contributed by atoms with Crippen LogP contribution in [0.15, 0.2) is 0 Å². The molecular formula is C7H14O2S. The van der Waals surface area contributed by atoms with Crippen LogP contribution < -0.4 is 0 Å². The summed E-state index contributed by atoms with van der Waals surface area (Å²) in [4.78, 5) is 10.8. The highest BCUT2D eigenvalue weighted by Gasteiger charge is 2.07. The van der Waals surface area contributed by atoms with Gasteiger partial charge in [0.1, 0.15) is 0 Å². The van der Waals surface area contributed by atoms with Gasteiger partial charge in [0.15, 0.2) is 0 Å².